The SMILES string of the molecule is CNc1cc(COC)nc(Cc2cccc(Br)c2)n1. The molecule has 5 heteroatoms. The molecule has 19 heavy (non-hydrogen) atoms. The average molecular weight is 322 g/mol. The van der Waals surface area contributed by atoms with Gasteiger partial charge in [-0.1, -0.05) is 28.1 Å². The Morgan fingerprint density at radius 1 is 1.26 bits per heavy atom. The van der Waals surface area contributed by atoms with Crippen LogP contribution in [-0.4, -0.2) is 24.1 Å². The molecule has 0 saturated carbocycles. The van der Waals surface area contributed by atoms with Crippen molar-refractivity contribution < 1.29 is 4.74 Å². The molecule has 0 unspecified atom stereocenters. The van der Waals surface area contributed by atoms with E-state index in [1.165, 1.54) is 5.56 Å². The third kappa shape index (κ3) is 4.01. The Hall–Kier alpha value is -1.46. The fourth-order valence-corrected chi connectivity index (χ4v) is 2.26. The van der Waals surface area contributed by atoms with Crippen LogP contribution in [0.2, 0.25) is 0 Å². The summed E-state index contributed by atoms with van der Waals surface area (Å²) in [6, 6.07) is 10.1. The molecule has 4 nitrogen and oxygen atoms in total. The number of hydrogen-bond acceptors (Lipinski definition) is 4. The van der Waals surface area contributed by atoms with Crippen molar-refractivity contribution in [2.24, 2.45) is 0 Å². The summed E-state index contributed by atoms with van der Waals surface area (Å²) in [5.41, 5.74) is 2.05. The van der Waals surface area contributed by atoms with E-state index in [1.54, 1.807) is 7.11 Å². The molecule has 0 amide bonds. The number of ether oxygens (including phenoxy) is 1. The number of nitrogens with zero attached hydrogens (tertiary/aromatic N) is 2. The molecule has 1 N–H and O–H groups in total. The van der Waals surface area contributed by atoms with Crippen LogP contribution in [-0.2, 0) is 17.8 Å². The zero-order chi connectivity index (χ0) is 13.7. The number of aromatic nitrogens is 2. The molecule has 0 radical (unpaired) electrons. The molecule has 0 aliphatic rings. The molecule has 0 spiro atoms. The molecule has 0 bridgehead atoms. The van der Waals surface area contributed by atoms with Gasteiger partial charge in [0, 0.05) is 31.1 Å². The lowest BCUT2D eigenvalue weighted by atomic mass is 10.1. The summed E-state index contributed by atoms with van der Waals surface area (Å²) < 4.78 is 6.19. The first kappa shape index (κ1) is 14.0. The summed E-state index contributed by atoms with van der Waals surface area (Å²) in [7, 11) is 3.51. The summed E-state index contributed by atoms with van der Waals surface area (Å²) in [6.07, 6.45) is 0.700. The van der Waals surface area contributed by atoms with Gasteiger partial charge >= 0.3 is 0 Å². The predicted octanol–water partition coefficient (Wildman–Crippen LogP) is 3.02. The lowest BCUT2D eigenvalue weighted by Gasteiger charge is -2.07. The lowest BCUT2D eigenvalue weighted by Crippen LogP contribution is -2.05. The third-order valence-electron chi connectivity index (χ3n) is 2.63. The number of anilines is 1. The number of halogens is 1. The van der Waals surface area contributed by atoms with Gasteiger partial charge in [0.1, 0.15) is 11.6 Å². The van der Waals surface area contributed by atoms with Crippen molar-refractivity contribution >= 4 is 21.7 Å². The molecule has 1 heterocycles. The molecular formula is C14H16BrN3O. The average Bonchev–Trinajstić information content (AvgIpc) is 2.39. The fraction of sp³-hybridized carbons (Fsp3) is 0.286. The van der Waals surface area contributed by atoms with E-state index in [-0.39, 0.29) is 0 Å². The first-order chi connectivity index (χ1) is 9.21. The molecule has 0 aliphatic heterocycles. The van der Waals surface area contributed by atoms with Gasteiger partial charge in [-0.15, -0.1) is 0 Å². The largest absolute Gasteiger partial charge is 0.378 e. The van der Waals surface area contributed by atoms with Gasteiger partial charge in [-0.2, -0.15) is 0 Å². The molecule has 1 aromatic heterocycles. The van der Waals surface area contributed by atoms with Crippen molar-refractivity contribution in [2.45, 2.75) is 13.0 Å². The van der Waals surface area contributed by atoms with Crippen molar-refractivity contribution in [1.29, 1.82) is 0 Å². The number of methoxy groups -OCH3 is 1. The monoisotopic (exact) mass is 321 g/mol. The highest BCUT2D eigenvalue weighted by atomic mass is 79.9. The quantitative estimate of drug-likeness (QED) is 0.919. The topological polar surface area (TPSA) is 47.0 Å². The van der Waals surface area contributed by atoms with Crippen LogP contribution in [0.15, 0.2) is 34.8 Å². The Morgan fingerprint density at radius 2 is 2.11 bits per heavy atom. The van der Waals surface area contributed by atoms with Gasteiger partial charge in [0.2, 0.25) is 0 Å². The van der Waals surface area contributed by atoms with Gasteiger partial charge in [0.15, 0.2) is 0 Å². The van der Waals surface area contributed by atoms with Crippen LogP contribution in [0.1, 0.15) is 17.1 Å². The maximum absolute atomic E-state index is 5.13. The van der Waals surface area contributed by atoms with E-state index in [0.717, 1.165) is 21.8 Å². The Labute approximate surface area is 121 Å². The molecule has 0 fully saturated rings. The van der Waals surface area contributed by atoms with E-state index in [1.807, 2.05) is 25.2 Å². The van der Waals surface area contributed by atoms with Gasteiger partial charge < -0.3 is 10.1 Å². The molecule has 2 rings (SSSR count). The number of benzene rings is 1. The van der Waals surface area contributed by atoms with Crippen LogP contribution in [0.3, 0.4) is 0 Å². The van der Waals surface area contributed by atoms with Gasteiger partial charge in [0.05, 0.1) is 12.3 Å². The first-order valence-corrected chi connectivity index (χ1v) is 6.78. The minimum atomic E-state index is 0.489. The smallest absolute Gasteiger partial charge is 0.135 e. The fourth-order valence-electron chi connectivity index (χ4n) is 1.81. The van der Waals surface area contributed by atoms with Crippen LogP contribution < -0.4 is 5.32 Å². The minimum absolute atomic E-state index is 0.489. The third-order valence-corrected chi connectivity index (χ3v) is 3.12. The van der Waals surface area contributed by atoms with Gasteiger partial charge in [-0.3, -0.25) is 0 Å². The van der Waals surface area contributed by atoms with Gasteiger partial charge in [0.25, 0.3) is 0 Å². The molecule has 2 aromatic rings. The van der Waals surface area contributed by atoms with Crippen LogP contribution >= 0.6 is 15.9 Å². The second kappa shape index (κ2) is 6.63. The summed E-state index contributed by atoms with van der Waals surface area (Å²) in [5, 5.41) is 3.05. The number of nitrogens with one attached hydrogen (secondary N) is 1. The normalized spacial score (nSPS) is 10.5. The van der Waals surface area contributed by atoms with Crippen LogP contribution in [0.4, 0.5) is 5.82 Å². The highest BCUT2D eigenvalue weighted by molar-refractivity contribution is 9.10. The van der Waals surface area contributed by atoms with Crippen LogP contribution in [0.25, 0.3) is 0 Å². The minimum Gasteiger partial charge on any atom is -0.378 e. The van der Waals surface area contributed by atoms with Crippen molar-refractivity contribution in [3.8, 4) is 0 Å². The molecule has 0 aliphatic carbocycles. The van der Waals surface area contributed by atoms with E-state index in [4.69, 9.17) is 4.74 Å². The second-order valence-corrected chi connectivity index (χ2v) is 5.07. The molecule has 1 aromatic carbocycles. The van der Waals surface area contributed by atoms with Crippen molar-refractivity contribution in [2.75, 3.05) is 19.5 Å². The van der Waals surface area contributed by atoms with Crippen molar-refractivity contribution in [3.63, 3.8) is 0 Å². The van der Waals surface area contributed by atoms with Crippen molar-refractivity contribution in [3.05, 3.63) is 51.9 Å². The van der Waals surface area contributed by atoms with E-state index in [0.29, 0.717) is 13.0 Å². The summed E-state index contributed by atoms with van der Waals surface area (Å²) in [5.74, 6) is 1.60. The highest BCUT2D eigenvalue weighted by Gasteiger charge is 2.05. The summed E-state index contributed by atoms with van der Waals surface area (Å²) in [6.45, 7) is 0.489. The second-order valence-electron chi connectivity index (χ2n) is 4.15. The predicted molar refractivity (Wildman–Crippen MR) is 79.2 cm³/mol. The molecular weight excluding hydrogens is 306 g/mol. The maximum Gasteiger partial charge on any atom is 0.135 e. The highest BCUT2D eigenvalue weighted by Crippen LogP contribution is 2.15. The number of hydrogen-bond donors (Lipinski definition) is 1. The van der Waals surface area contributed by atoms with Crippen molar-refractivity contribution in [1.82, 2.24) is 9.97 Å². The zero-order valence-corrected chi connectivity index (χ0v) is 12.6. The van der Waals surface area contributed by atoms with E-state index >= 15 is 0 Å². The van der Waals surface area contributed by atoms with E-state index in [2.05, 4.69) is 43.3 Å². The maximum atomic E-state index is 5.13. The van der Waals surface area contributed by atoms with Gasteiger partial charge in [-0.25, -0.2) is 9.97 Å². The molecule has 0 atom stereocenters. The zero-order valence-electron chi connectivity index (χ0n) is 11.0. The number of rotatable bonds is 5. The standard InChI is InChI=1S/C14H16BrN3O/c1-16-13-8-12(9-19-2)17-14(18-13)7-10-4-3-5-11(15)6-10/h3-6,8H,7,9H2,1-2H3,(H,16,17,18). The molecule has 0 saturated heterocycles. The van der Waals surface area contributed by atoms with E-state index < -0.39 is 0 Å². The summed E-state index contributed by atoms with van der Waals surface area (Å²) >= 11 is 3.47. The van der Waals surface area contributed by atoms with Crippen LogP contribution in [0, 0.1) is 0 Å². The van der Waals surface area contributed by atoms with E-state index in [9.17, 15) is 0 Å². The molecule has 100 valence electrons. The Balaban J connectivity index is 2.26. The Bertz CT molecular complexity index is 560. The van der Waals surface area contributed by atoms with Gasteiger partial charge in [-0.05, 0) is 17.7 Å². The first-order valence-electron chi connectivity index (χ1n) is 5.99. The Kier molecular flexibility index (Phi) is 4.87. The Morgan fingerprint density at radius 3 is 2.79 bits per heavy atom. The lowest BCUT2D eigenvalue weighted by molar-refractivity contribution is 0.181. The summed E-state index contributed by atoms with van der Waals surface area (Å²) in [4.78, 5) is 8.97. The van der Waals surface area contributed by atoms with Crippen LogP contribution in [0.5, 0.6) is 0 Å².